The SMILES string of the molecule is CCc1ccc(O)c(-c2cc(C(C)(C)C)c(O)c(C(C)(C)C)c2)c1. The zero-order valence-electron chi connectivity index (χ0n) is 16.0. The molecule has 2 aromatic rings. The summed E-state index contributed by atoms with van der Waals surface area (Å²) >= 11 is 0. The lowest BCUT2D eigenvalue weighted by atomic mass is 9.77. The normalized spacial score (nSPS) is 12.5. The van der Waals surface area contributed by atoms with Gasteiger partial charge in [0.1, 0.15) is 11.5 Å². The molecule has 0 heterocycles. The lowest BCUT2D eigenvalue weighted by Crippen LogP contribution is -2.17. The van der Waals surface area contributed by atoms with Crippen LogP contribution in [0.1, 0.15) is 65.2 Å². The Balaban J connectivity index is 2.81. The van der Waals surface area contributed by atoms with Crippen LogP contribution in [-0.4, -0.2) is 10.2 Å². The van der Waals surface area contributed by atoms with Crippen LogP contribution in [0.5, 0.6) is 11.5 Å². The third-order valence-corrected chi connectivity index (χ3v) is 4.51. The number of rotatable bonds is 2. The Morgan fingerprint density at radius 3 is 1.71 bits per heavy atom. The quantitative estimate of drug-likeness (QED) is 0.719. The molecule has 24 heavy (non-hydrogen) atoms. The lowest BCUT2D eigenvalue weighted by molar-refractivity contribution is 0.423. The highest BCUT2D eigenvalue weighted by Gasteiger charge is 2.27. The van der Waals surface area contributed by atoms with E-state index in [0.717, 1.165) is 28.7 Å². The van der Waals surface area contributed by atoms with Crippen molar-refractivity contribution in [3.05, 3.63) is 47.0 Å². The number of phenolic OH excluding ortho intramolecular Hbond substituents is 2. The number of hydrogen-bond donors (Lipinski definition) is 2. The highest BCUT2D eigenvalue weighted by molar-refractivity contribution is 5.74. The number of benzene rings is 2. The highest BCUT2D eigenvalue weighted by atomic mass is 16.3. The summed E-state index contributed by atoms with van der Waals surface area (Å²) in [4.78, 5) is 0. The van der Waals surface area contributed by atoms with E-state index in [2.05, 4.69) is 48.5 Å². The third kappa shape index (κ3) is 3.58. The molecule has 0 aliphatic heterocycles. The van der Waals surface area contributed by atoms with Crippen molar-refractivity contribution in [2.75, 3.05) is 0 Å². The van der Waals surface area contributed by atoms with Crippen molar-refractivity contribution in [2.45, 2.75) is 65.7 Å². The molecule has 0 aliphatic rings. The van der Waals surface area contributed by atoms with Gasteiger partial charge in [-0.05, 0) is 52.6 Å². The minimum atomic E-state index is -0.182. The minimum Gasteiger partial charge on any atom is -0.507 e. The maximum Gasteiger partial charge on any atom is 0.123 e. The third-order valence-electron chi connectivity index (χ3n) is 4.51. The van der Waals surface area contributed by atoms with Crippen molar-refractivity contribution >= 4 is 0 Å². The van der Waals surface area contributed by atoms with Crippen LogP contribution in [0.4, 0.5) is 0 Å². The van der Waals surface area contributed by atoms with Gasteiger partial charge in [0.05, 0.1) is 0 Å². The summed E-state index contributed by atoms with van der Waals surface area (Å²) < 4.78 is 0. The van der Waals surface area contributed by atoms with Gasteiger partial charge in [-0.3, -0.25) is 0 Å². The summed E-state index contributed by atoms with van der Waals surface area (Å²) in [6.45, 7) is 14.7. The average Bonchev–Trinajstić information content (AvgIpc) is 2.46. The van der Waals surface area contributed by atoms with Crippen LogP contribution < -0.4 is 0 Å². The molecular weight excluding hydrogens is 296 g/mol. The average molecular weight is 326 g/mol. The topological polar surface area (TPSA) is 40.5 Å². The van der Waals surface area contributed by atoms with E-state index in [1.165, 1.54) is 5.56 Å². The van der Waals surface area contributed by atoms with E-state index in [1.54, 1.807) is 6.07 Å². The monoisotopic (exact) mass is 326 g/mol. The maximum atomic E-state index is 10.8. The lowest BCUT2D eigenvalue weighted by Gasteiger charge is -2.28. The number of hydrogen-bond acceptors (Lipinski definition) is 2. The van der Waals surface area contributed by atoms with Crippen molar-refractivity contribution in [2.24, 2.45) is 0 Å². The second-order valence-electron chi connectivity index (χ2n) is 8.63. The predicted octanol–water partition coefficient (Wildman–Crippen LogP) is 5.92. The fourth-order valence-corrected chi connectivity index (χ4v) is 2.97. The Morgan fingerprint density at radius 1 is 0.792 bits per heavy atom. The first-order valence-corrected chi connectivity index (χ1v) is 8.65. The maximum absolute atomic E-state index is 10.8. The summed E-state index contributed by atoms with van der Waals surface area (Å²) in [6.07, 6.45) is 0.920. The van der Waals surface area contributed by atoms with E-state index in [4.69, 9.17) is 0 Å². The molecule has 0 saturated carbocycles. The zero-order valence-corrected chi connectivity index (χ0v) is 16.0. The van der Waals surface area contributed by atoms with Gasteiger partial charge in [0.15, 0.2) is 0 Å². The van der Waals surface area contributed by atoms with Gasteiger partial charge >= 0.3 is 0 Å². The second-order valence-corrected chi connectivity index (χ2v) is 8.63. The molecule has 0 aromatic heterocycles. The molecule has 0 saturated heterocycles. The molecule has 0 atom stereocenters. The van der Waals surface area contributed by atoms with Crippen LogP contribution in [0.15, 0.2) is 30.3 Å². The molecule has 0 aliphatic carbocycles. The Hall–Kier alpha value is -1.96. The molecule has 2 heteroatoms. The Bertz CT molecular complexity index is 709. The predicted molar refractivity (Wildman–Crippen MR) is 102 cm³/mol. The molecule has 0 bridgehead atoms. The van der Waals surface area contributed by atoms with Crippen LogP contribution in [0.3, 0.4) is 0 Å². The molecule has 0 unspecified atom stereocenters. The van der Waals surface area contributed by atoms with Gasteiger partial charge < -0.3 is 10.2 Å². The molecule has 0 amide bonds. The molecule has 2 rings (SSSR count). The Kier molecular flexibility index (Phi) is 4.72. The van der Waals surface area contributed by atoms with Crippen LogP contribution in [0.2, 0.25) is 0 Å². The van der Waals surface area contributed by atoms with Gasteiger partial charge in [0.25, 0.3) is 0 Å². The fourth-order valence-electron chi connectivity index (χ4n) is 2.97. The van der Waals surface area contributed by atoms with Gasteiger partial charge in [-0.25, -0.2) is 0 Å². The Morgan fingerprint density at radius 2 is 1.29 bits per heavy atom. The number of aryl methyl sites for hydroxylation is 1. The molecule has 0 radical (unpaired) electrons. The molecule has 0 fully saturated rings. The Labute approximate surface area is 146 Å². The number of aromatic hydroxyl groups is 2. The molecule has 2 aromatic carbocycles. The van der Waals surface area contributed by atoms with Crippen LogP contribution in [0, 0.1) is 0 Å². The van der Waals surface area contributed by atoms with Crippen molar-refractivity contribution < 1.29 is 10.2 Å². The summed E-state index contributed by atoms with van der Waals surface area (Å²) in [5, 5.41) is 21.2. The van der Waals surface area contributed by atoms with E-state index >= 15 is 0 Å². The standard InChI is InChI=1S/C22H30O2/c1-8-14-9-10-19(23)16(11-14)15-12-17(21(2,3)4)20(24)18(13-15)22(5,6)7/h9-13,23-24H,8H2,1-7H3. The van der Waals surface area contributed by atoms with E-state index in [9.17, 15) is 10.2 Å². The summed E-state index contributed by atoms with van der Waals surface area (Å²) in [5.41, 5.74) is 4.42. The van der Waals surface area contributed by atoms with Crippen LogP contribution >= 0.6 is 0 Å². The first-order chi connectivity index (χ1) is 10.9. The van der Waals surface area contributed by atoms with E-state index < -0.39 is 0 Å². The van der Waals surface area contributed by atoms with Crippen molar-refractivity contribution in [1.82, 2.24) is 0 Å². The zero-order chi connectivity index (χ0) is 18.3. The van der Waals surface area contributed by atoms with Gasteiger partial charge in [0.2, 0.25) is 0 Å². The van der Waals surface area contributed by atoms with Crippen molar-refractivity contribution in [3.63, 3.8) is 0 Å². The highest BCUT2D eigenvalue weighted by Crippen LogP contribution is 2.43. The molecule has 2 nitrogen and oxygen atoms in total. The minimum absolute atomic E-state index is 0.182. The molecule has 0 spiro atoms. The smallest absolute Gasteiger partial charge is 0.123 e. The van der Waals surface area contributed by atoms with Gasteiger partial charge in [-0.15, -0.1) is 0 Å². The summed E-state index contributed by atoms with van der Waals surface area (Å²) in [5.74, 6) is 0.641. The molecule has 2 N–H and O–H groups in total. The van der Waals surface area contributed by atoms with E-state index in [1.807, 2.05) is 24.3 Å². The summed E-state index contributed by atoms with van der Waals surface area (Å²) in [6, 6.07) is 9.78. The molecular formula is C22H30O2. The van der Waals surface area contributed by atoms with Crippen LogP contribution in [0.25, 0.3) is 11.1 Å². The largest absolute Gasteiger partial charge is 0.507 e. The van der Waals surface area contributed by atoms with E-state index in [-0.39, 0.29) is 16.6 Å². The first-order valence-electron chi connectivity index (χ1n) is 8.65. The van der Waals surface area contributed by atoms with Gasteiger partial charge in [-0.1, -0.05) is 54.5 Å². The van der Waals surface area contributed by atoms with E-state index in [0.29, 0.717) is 5.75 Å². The van der Waals surface area contributed by atoms with Gasteiger partial charge in [0, 0.05) is 16.7 Å². The second kappa shape index (κ2) is 6.16. The fraction of sp³-hybridized carbons (Fsp3) is 0.455. The number of phenols is 2. The molecule has 130 valence electrons. The van der Waals surface area contributed by atoms with Gasteiger partial charge in [-0.2, -0.15) is 0 Å². The first kappa shape index (κ1) is 18.4. The summed E-state index contributed by atoms with van der Waals surface area (Å²) in [7, 11) is 0. The van der Waals surface area contributed by atoms with Crippen molar-refractivity contribution in [3.8, 4) is 22.6 Å². The van der Waals surface area contributed by atoms with Crippen molar-refractivity contribution in [1.29, 1.82) is 0 Å². The van der Waals surface area contributed by atoms with Crippen LogP contribution in [-0.2, 0) is 17.3 Å².